The normalized spacial score (nSPS) is 20.1. The molecule has 0 aromatic rings. The van der Waals surface area contributed by atoms with Crippen LogP contribution in [0.25, 0.3) is 0 Å². The van der Waals surface area contributed by atoms with Crippen molar-refractivity contribution in [3.05, 3.63) is 0 Å². The van der Waals surface area contributed by atoms with Gasteiger partial charge in [0.15, 0.2) is 0 Å². The van der Waals surface area contributed by atoms with Crippen molar-refractivity contribution >= 4 is 0 Å². The summed E-state index contributed by atoms with van der Waals surface area (Å²) in [6.45, 7) is 6.93. The van der Waals surface area contributed by atoms with Gasteiger partial charge >= 0.3 is 0 Å². The minimum atomic E-state index is 0.167. The molecule has 0 saturated carbocycles. The second kappa shape index (κ2) is 5.53. The van der Waals surface area contributed by atoms with Crippen LogP contribution < -0.4 is 5.32 Å². The first kappa shape index (κ1) is 12.5. The van der Waals surface area contributed by atoms with Gasteiger partial charge in [-0.15, -0.1) is 6.42 Å². The van der Waals surface area contributed by atoms with Gasteiger partial charge in [-0.3, -0.25) is 4.90 Å². The van der Waals surface area contributed by atoms with Crippen LogP contribution in [0.5, 0.6) is 0 Å². The summed E-state index contributed by atoms with van der Waals surface area (Å²) in [7, 11) is 1.97. The second-order valence-corrected chi connectivity index (χ2v) is 4.39. The molecule has 0 radical (unpaired) electrons. The van der Waals surface area contributed by atoms with E-state index >= 15 is 0 Å². The molecule has 0 aliphatic carbocycles. The maximum Gasteiger partial charge on any atom is 0.0870 e. The van der Waals surface area contributed by atoms with Gasteiger partial charge in [-0.25, -0.2) is 0 Å². The van der Waals surface area contributed by atoms with E-state index in [9.17, 15) is 0 Å². The highest BCUT2D eigenvalue weighted by atomic mass is 15.2. The molecule has 1 atom stereocenters. The highest BCUT2D eigenvalue weighted by molar-refractivity contribution is 5.13. The van der Waals surface area contributed by atoms with E-state index in [-0.39, 0.29) is 11.6 Å². The predicted molar refractivity (Wildman–Crippen MR) is 65.8 cm³/mol. The number of rotatable bonds is 5. The molecule has 0 aromatic heterocycles. The first-order valence-electron chi connectivity index (χ1n) is 6.13. The van der Waals surface area contributed by atoms with Crippen LogP contribution in [0.15, 0.2) is 0 Å². The summed E-state index contributed by atoms with van der Waals surface area (Å²) in [6.07, 6.45) is 10.5. The van der Waals surface area contributed by atoms with Gasteiger partial charge in [-0.2, -0.15) is 0 Å². The average Bonchev–Trinajstić information content (AvgIpc) is 2.80. The SMILES string of the molecule is C#CC(NC)C(CC)(CC)N1CCCC1. The van der Waals surface area contributed by atoms with Crippen molar-refractivity contribution in [2.75, 3.05) is 20.1 Å². The van der Waals surface area contributed by atoms with Crippen molar-refractivity contribution in [1.82, 2.24) is 10.2 Å². The summed E-state index contributed by atoms with van der Waals surface area (Å²) in [5, 5.41) is 3.29. The monoisotopic (exact) mass is 208 g/mol. The van der Waals surface area contributed by atoms with E-state index in [1.54, 1.807) is 0 Å². The molecular weight excluding hydrogens is 184 g/mol. The Balaban J connectivity index is 2.89. The molecule has 1 fully saturated rings. The lowest BCUT2D eigenvalue weighted by atomic mass is 9.83. The Hall–Kier alpha value is -0.520. The van der Waals surface area contributed by atoms with Gasteiger partial charge in [-0.05, 0) is 45.8 Å². The Bertz CT molecular complexity index is 219. The molecule has 0 amide bonds. The van der Waals surface area contributed by atoms with Gasteiger partial charge < -0.3 is 5.32 Å². The maximum atomic E-state index is 5.65. The molecule has 1 N–H and O–H groups in total. The molecule has 86 valence electrons. The number of hydrogen-bond acceptors (Lipinski definition) is 2. The van der Waals surface area contributed by atoms with Crippen LogP contribution in [0, 0.1) is 12.3 Å². The molecule has 2 heteroatoms. The summed E-state index contributed by atoms with van der Waals surface area (Å²) in [5.74, 6) is 2.92. The van der Waals surface area contributed by atoms with Crippen LogP contribution in [0.4, 0.5) is 0 Å². The maximum absolute atomic E-state index is 5.65. The number of nitrogens with one attached hydrogen (secondary N) is 1. The van der Waals surface area contributed by atoms with Gasteiger partial charge in [0.2, 0.25) is 0 Å². The van der Waals surface area contributed by atoms with Crippen LogP contribution in [0.2, 0.25) is 0 Å². The lowest BCUT2D eigenvalue weighted by Crippen LogP contribution is -2.58. The van der Waals surface area contributed by atoms with E-state index in [2.05, 4.69) is 30.0 Å². The quantitative estimate of drug-likeness (QED) is 0.694. The molecule has 1 aliphatic heterocycles. The molecule has 1 saturated heterocycles. The van der Waals surface area contributed by atoms with E-state index in [0.29, 0.717) is 0 Å². The molecular formula is C13H24N2. The second-order valence-electron chi connectivity index (χ2n) is 4.39. The highest BCUT2D eigenvalue weighted by Crippen LogP contribution is 2.31. The molecule has 1 aliphatic rings. The summed E-state index contributed by atoms with van der Waals surface area (Å²) >= 11 is 0. The van der Waals surface area contributed by atoms with Crippen LogP contribution in [-0.4, -0.2) is 36.6 Å². The molecule has 1 heterocycles. The minimum Gasteiger partial charge on any atom is -0.305 e. The van der Waals surface area contributed by atoms with Gasteiger partial charge in [0.05, 0.1) is 6.04 Å². The van der Waals surface area contributed by atoms with Crippen molar-refractivity contribution in [2.24, 2.45) is 0 Å². The third kappa shape index (κ3) is 2.19. The summed E-state index contributed by atoms with van der Waals surface area (Å²) in [4.78, 5) is 2.59. The van der Waals surface area contributed by atoms with E-state index in [1.807, 2.05) is 7.05 Å². The van der Waals surface area contributed by atoms with Crippen LogP contribution in [-0.2, 0) is 0 Å². The van der Waals surface area contributed by atoms with Crippen molar-refractivity contribution < 1.29 is 0 Å². The molecule has 0 spiro atoms. The van der Waals surface area contributed by atoms with E-state index in [0.717, 1.165) is 12.8 Å². The summed E-state index contributed by atoms with van der Waals surface area (Å²) < 4.78 is 0. The van der Waals surface area contributed by atoms with E-state index in [4.69, 9.17) is 6.42 Å². The van der Waals surface area contributed by atoms with Gasteiger partial charge in [0.1, 0.15) is 0 Å². The zero-order chi connectivity index (χ0) is 11.3. The zero-order valence-electron chi connectivity index (χ0n) is 10.3. The van der Waals surface area contributed by atoms with E-state index < -0.39 is 0 Å². The Morgan fingerprint density at radius 3 is 2.20 bits per heavy atom. The molecule has 0 aromatic carbocycles. The van der Waals surface area contributed by atoms with Gasteiger partial charge in [-0.1, -0.05) is 19.8 Å². The Morgan fingerprint density at radius 2 is 1.87 bits per heavy atom. The van der Waals surface area contributed by atoms with Crippen LogP contribution >= 0.6 is 0 Å². The molecule has 15 heavy (non-hydrogen) atoms. The number of hydrogen-bond donors (Lipinski definition) is 1. The minimum absolute atomic E-state index is 0.167. The Labute approximate surface area is 94.4 Å². The average molecular weight is 208 g/mol. The third-order valence-corrected chi connectivity index (χ3v) is 3.95. The fourth-order valence-corrected chi connectivity index (χ4v) is 2.96. The van der Waals surface area contributed by atoms with Crippen LogP contribution in [0.1, 0.15) is 39.5 Å². The van der Waals surface area contributed by atoms with Gasteiger partial charge in [0.25, 0.3) is 0 Å². The number of likely N-dealkylation sites (N-methyl/N-ethyl adjacent to an activating group) is 1. The first-order chi connectivity index (χ1) is 7.25. The van der Waals surface area contributed by atoms with Crippen molar-refractivity contribution in [2.45, 2.75) is 51.1 Å². The van der Waals surface area contributed by atoms with E-state index in [1.165, 1.54) is 25.9 Å². The number of terminal acetylenes is 1. The van der Waals surface area contributed by atoms with Crippen molar-refractivity contribution in [3.63, 3.8) is 0 Å². The Kier molecular flexibility index (Phi) is 4.63. The summed E-state index contributed by atoms with van der Waals surface area (Å²) in [5.41, 5.74) is 0.167. The summed E-state index contributed by atoms with van der Waals surface area (Å²) in [6, 6.07) is 0.172. The molecule has 2 nitrogen and oxygen atoms in total. The zero-order valence-corrected chi connectivity index (χ0v) is 10.3. The van der Waals surface area contributed by atoms with Gasteiger partial charge in [0, 0.05) is 5.54 Å². The number of nitrogens with zero attached hydrogens (tertiary/aromatic N) is 1. The fourth-order valence-electron chi connectivity index (χ4n) is 2.96. The number of likely N-dealkylation sites (tertiary alicyclic amines) is 1. The van der Waals surface area contributed by atoms with Crippen molar-refractivity contribution in [3.8, 4) is 12.3 Å². The lowest BCUT2D eigenvalue weighted by Gasteiger charge is -2.44. The molecule has 0 bridgehead atoms. The lowest BCUT2D eigenvalue weighted by molar-refractivity contribution is 0.0847. The first-order valence-corrected chi connectivity index (χ1v) is 6.13. The smallest absolute Gasteiger partial charge is 0.0870 e. The third-order valence-electron chi connectivity index (χ3n) is 3.95. The van der Waals surface area contributed by atoms with Crippen molar-refractivity contribution in [1.29, 1.82) is 0 Å². The fraction of sp³-hybridized carbons (Fsp3) is 0.846. The largest absolute Gasteiger partial charge is 0.305 e. The standard InChI is InChI=1S/C13H24N2/c1-5-12(14-4)13(6-2,7-3)15-10-8-9-11-15/h1,12,14H,6-11H2,2-4H3. The van der Waals surface area contributed by atoms with Crippen LogP contribution in [0.3, 0.4) is 0 Å². The molecule has 1 unspecified atom stereocenters. The predicted octanol–water partition coefficient (Wildman–Crippen LogP) is 1.86. The topological polar surface area (TPSA) is 15.3 Å². The highest BCUT2D eigenvalue weighted by Gasteiger charge is 2.40. The Morgan fingerprint density at radius 1 is 1.33 bits per heavy atom. The molecule has 1 rings (SSSR count).